The van der Waals surface area contributed by atoms with E-state index in [2.05, 4.69) is 75.9 Å². The third kappa shape index (κ3) is 10.9. The quantitative estimate of drug-likeness (QED) is 0.0119. The first-order chi connectivity index (χ1) is 24.0. The third-order valence-corrected chi connectivity index (χ3v) is 7.39. The molecule has 0 aliphatic rings. The van der Waals surface area contributed by atoms with Gasteiger partial charge in [-0.05, 0) is 35.4 Å². The van der Waals surface area contributed by atoms with Crippen LogP contribution in [0.4, 0.5) is 35.2 Å². The Bertz CT molecular complexity index is 2000. The van der Waals surface area contributed by atoms with Crippen molar-refractivity contribution in [1.82, 2.24) is 29.9 Å². The van der Waals surface area contributed by atoms with E-state index >= 15 is 0 Å². The summed E-state index contributed by atoms with van der Waals surface area (Å²) in [7, 11) is -2.23. The van der Waals surface area contributed by atoms with Gasteiger partial charge < -0.3 is 20.1 Å². The summed E-state index contributed by atoms with van der Waals surface area (Å²) < 4.78 is 53.4. The van der Waals surface area contributed by atoms with Crippen molar-refractivity contribution in [2.75, 3.05) is 35.4 Å². The molecule has 0 bridgehead atoms. The smallest absolute Gasteiger partial charge is 0.322 e. The molecule has 264 valence electrons. The highest BCUT2D eigenvalue weighted by Crippen LogP contribution is 2.31. The zero-order valence-corrected chi connectivity index (χ0v) is 27.4. The molecule has 0 unspecified atom stereocenters. The van der Waals surface area contributed by atoms with Crippen LogP contribution in [0.2, 0.25) is 0 Å². The molecule has 2 aromatic carbocycles. The van der Waals surface area contributed by atoms with Crippen LogP contribution in [0.25, 0.3) is 12.2 Å². The van der Waals surface area contributed by atoms with Gasteiger partial charge in [0.2, 0.25) is 17.8 Å². The number of ether oxygens (including phenoxy) is 2. The van der Waals surface area contributed by atoms with Crippen LogP contribution in [-0.2, 0) is 28.9 Å². The van der Waals surface area contributed by atoms with Crippen molar-refractivity contribution < 1.29 is 62.1 Å². The zero-order valence-electron chi connectivity index (χ0n) is 25.0. The van der Waals surface area contributed by atoms with Gasteiger partial charge in [0, 0.05) is 27.6 Å². The molecule has 4 rings (SSSR count). The Labute approximate surface area is 289 Å². The predicted molar refractivity (Wildman–Crippen MR) is 171 cm³/mol. The van der Waals surface area contributed by atoms with Crippen LogP contribution in [-0.4, -0.2) is 78.0 Å². The average molecular weight is 755 g/mol. The lowest BCUT2D eigenvalue weighted by Gasteiger charge is -2.12. The minimum atomic E-state index is -4.79. The first kappa shape index (κ1) is 37.7. The summed E-state index contributed by atoms with van der Waals surface area (Å²) in [5.74, 6) is -0.844. The van der Waals surface area contributed by atoms with Gasteiger partial charge in [-0.2, -0.15) is 38.3 Å². The van der Waals surface area contributed by atoms with Crippen LogP contribution < -0.4 is 30.7 Å². The molecule has 0 saturated carbocycles. The van der Waals surface area contributed by atoms with Gasteiger partial charge in [-0.3, -0.25) is 20.3 Å². The van der Waals surface area contributed by atoms with Crippen molar-refractivity contribution in [2.45, 2.75) is 9.79 Å². The van der Waals surface area contributed by atoms with E-state index in [4.69, 9.17) is 20.0 Å². The van der Waals surface area contributed by atoms with Gasteiger partial charge in [-0.1, -0.05) is 39.6 Å². The summed E-state index contributed by atoms with van der Waals surface area (Å²) in [6.07, 6.45) is 2.87. The second kappa shape index (κ2) is 18.0. The molecule has 2 aromatic heterocycles. The van der Waals surface area contributed by atoms with E-state index in [1.807, 2.05) is 0 Å². The Morgan fingerprint density at radius 1 is 0.800 bits per heavy atom. The Morgan fingerprint density at radius 2 is 1.40 bits per heavy atom. The van der Waals surface area contributed by atoms with Crippen molar-refractivity contribution in [2.24, 2.45) is 0 Å². The van der Waals surface area contributed by atoms with Crippen LogP contribution >= 0.6 is 24.1 Å². The Hall–Kier alpha value is -5.15. The molecule has 0 atom stereocenters. The molecule has 0 spiro atoms. The molecule has 8 N–H and O–H groups in total. The molecule has 2 heterocycles. The number of rotatable bonds is 16. The minimum absolute atomic E-state index is 0.0147. The van der Waals surface area contributed by atoms with E-state index in [9.17, 15) is 23.4 Å². The first-order valence-electron chi connectivity index (χ1n) is 12.8. The van der Waals surface area contributed by atoms with Gasteiger partial charge in [0.15, 0.2) is 0 Å². The minimum Gasteiger partial charge on any atom is -0.467 e. The fraction of sp³-hybridized carbons (Fsp3) is 0.0833. The van der Waals surface area contributed by atoms with Gasteiger partial charge in [0.25, 0.3) is 16.1 Å². The molecular formula is C24H22N10O13S3. The fourth-order valence-corrected chi connectivity index (χ4v) is 4.94. The van der Waals surface area contributed by atoms with Crippen LogP contribution in [0, 0.1) is 11.3 Å². The third-order valence-electron chi connectivity index (χ3n) is 5.51. The fourth-order valence-electron chi connectivity index (χ4n) is 3.56. The molecule has 26 heteroatoms. The van der Waals surface area contributed by atoms with Crippen molar-refractivity contribution in [3.05, 3.63) is 47.5 Å². The Balaban J connectivity index is 1.61. The molecule has 0 saturated heterocycles. The summed E-state index contributed by atoms with van der Waals surface area (Å²) in [6, 6.07) is 10.7. The number of hydrogen-bond acceptors (Lipinski definition) is 24. The lowest BCUT2D eigenvalue weighted by Crippen LogP contribution is -2.16. The standard InChI is InChI=1S/C24H22N10O13S3/c1-42-23-30-19(25-9-10-48-46-44-37)28-20(31-23)26-15-7-5-13(17(11-15)49-47-45-38)3-4-14-6-8-16(12-18(14)50(39,40)41)27-21-29-22(34(35)36)33-24(32-21)43-2/h3-8,11-12,35-38H,1-2H3,(H,39,40,41)(H,27,29,32,33)(H2,25,26,28,30,31). The molecule has 23 nitrogen and oxygen atoms in total. The maximum absolute atomic E-state index is 12.3. The Morgan fingerprint density at radius 3 is 2.04 bits per heavy atom. The number of nitrogens with one attached hydrogen (secondary N) is 3. The van der Waals surface area contributed by atoms with Gasteiger partial charge >= 0.3 is 12.0 Å². The van der Waals surface area contributed by atoms with Crippen molar-refractivity contribution in [3.63, 3.8) is 0 Å². The van der Waals surface area contributed by atoms with Crippen molar-refractivity contribution in [3.8, 4) is 23.3 Å². The van der Waals surface area contributed by atoms with E-state index in [-0.39, 0.29) is 46.3 Å². The summed E-state index contributed by atoms with van der Waals surface area (Å²) in [5.41, 5.74) is 0.968. The van der Waals surface area contributed by atoms with Gasteiger partial charge in [0.05, 0.1) is 26.3 Å². The number of methoxy groups -OCH3 is 2. The normalized spacial score (nSPS) is 11.1. The number of nitrogens with zero attached hydrogens (tertiary/aromatic N) is 7. The van der Waals surface area contributed by atoms with Crippen LogP contribution in [0.1, 0.15) is 11.1 Å². The van der Waals surface area contributed by atoms with E-state index in [0.29, 0.717) is 40.2 Å². The second-order valence-electron chi connectivity index (χ2n) is 8.57. The van der Waals surface area contributed by atoms with E-state index < -0.39 is 21.0 Å². The maximum Gasteiger partial charge on any atom is 0.322 e. The Kier molecular flexibility index (Phi) is 13.6. The monoisotopic (exact) mass is 754 g/mol. The number of benzene rings is 2. The zero-order chi connectivity index (χ0) is 36.1. The summed E-state index contributed by atoms with van der Waals surface area (Å²) >= 11 is 1.07. The predicted octanol–water partition coefficient (Wildman–Crippen LogP) is 3.39. The number of anilines is 6. The van der Waals surface area contributed by atoms with Gasteiger partial charge in [-0.25, -0.2) is 10.5 Å². The van der Waals surface area contributed by atoms with Gasteiger partial charge in [-0.15, -0.1) is 8.67 Å². The van der Waals surface area contributed by atoms with Crippen LogP contribution in [0.15, 0.2) is 46.2 Å². The van der Waals surface area contributed by atoms with Gasteiger partial charge in [0.1, 0.15) is 16.9 Å². The van der Waals surface area contributed by atoms with E-state index in [0.717, 1.165) is 6.07 Å². The van der Waals surface area contributed by atoms with E-state index in [1.165, 1.54) is 38.5 Å². The highest BCUT2D eigenvalue weighted by molar-refractivity contribution is 7.99. The molecule has 4 aromatic rings. The average Bonchev–Trinajstić information content (AvgIpc) is 3.09. The molecular weight excluding hydrogens is 733 g/mol. The summed E-state index contributed by atoms with van der Waals surface area (Å²) in [5, 5.41) is 52.8. The highest BCUT2D eigenvalue weighted by Gasteiger charge is 2.17. The molecule has 0 amide bonds. The topological polar surface area (TPSA) is 307 Å². The van der Waals surface area contributed by atoms with E-state index in [1.54, 1.807) is 18.2 Å². The summed E-state index contributed by atoms with van der Waals surface area (Å²) in [4.78, 5) is 23.4. The second-order valence-corrected chi connectivity index (χ2v) is 11.2. The lowest BCUT2D eigenvalue weighted by molar-refractivity contribution is -0.432. The van der Waals surface area contributed by atoms with Crippen LogP contribution in [0.3, 0.4) is 0 Å². The highest BCUT2D eigenvalue weighted by atomic mass is 32.2. The SMILES string of the molecule is COc1nc(NC#CSOOO)nc(Nc2ccc(C=Cc3ccc(Nc4nc(OC)nc(N(O)O)n4)cc3S(=O)(=O)O)c(SOOO)c2)n1. The lowest BCUT2D eigenvalue weighted by atomic mass is 10.1. The molecule has 0 aliphatic carbocycles. The largest absolute Gasteiger partial charge is 0.467 e. The molecule has 50 heavy (non-hydrogen) atoms. The molecule has 0 aliphatic heterocycles. The van der Waals surface area contributed by atoms with Crippen LogP contribution in [0.5, 0.6) is 12.0 Å². The van der Waals surface area contributed by atoms with Crippen molar-refractivity contribution >= 4 is 81.5 Å². The van der Waals surface area contributed by atoms with Crippen molar-refractivity contribution in [1.29, 1.82) is 0 Å². The number of aromatic nitrogens is 6. The summed E-state index contributed by atoms with van der Waals surface area (Å²) in [6.45, 7) is 0. The maximum atomic E-state index is 12.3. The number of hydrogen-bond donors (Lipinski definition) is 8. The molecule has 0 radical (unpaired) electrons. The first-order valence-corrected chi connectivity index (χ1v) is 15.8. The molecule has 0 fully saturated rings.